The molecule has 3 heterocycles. The Morgan fingerprint density at radius 2 is 1.45 bits per heavy atom. The minimum absolute atomic E-state index is 0.239. The lowest BCUT2D eigenvalue weighted by molar-refractivity contribution is 0.761. The van der Waals surface area contributed by atoms with Crippen molar-refractivity contribution in [1.29, 1.82) is 5.26 Å². The molecule has 7 aromatic rings. The third kappa shape index (κ3) is 3.05. The molecule has 0 spiro atoms. The van der Waals surface area contributed by atoms with E-state index in [0.717, 1.165) is 33.0 Å². The van der Waals surface area contributed by atoms with Gasteiger partial charge in [0.25, 0.3) is 0 Å². The molecule has 0 bridgehead atoms. The highest BCUT2D eigenvalue weighted by molar-refractivity contribution is 7.23. The fourth-order valence-corrected chi connectivity index (χ4v) is 6.76. The maximum atomic E-state index is 9.38. The van der Waals surface area contributed by atoms with E-state index in [-0.39, 0.29) is 6.17 Å². The van der Waals surface area contributed by atoms with Crippen LogP contribution in [-0.4, -0.2) is 10.3 Å². The first kappa shape index (κ1) is 21.2. The molecule has 1 unspecified atom stereocenters. The number of fused-ring (bicyclic) bond motifs is 7. The van der Waals surface area contributed by atoms with E-state index in [2.05, 4.69) is 101 Å². The Kier molecular flexibility index (Phi) is 4.48. The standard InChI is InChI=1S/C33H20N4S/c34-19-20-13-15-21(16-14-20)30-32(35-31-25-10-4-6-12-29(25)38-33(31)36-30)37-27-11-5-3-9-24(27)26-17-22-7-1-2-8-23(22)18-28(26)37/h1-18,32,35H. The number of rotatable bonds is 2. The lowest BCUT2D eigenvalue weighted by atomic mass is 10.0. The second-order valence-electron chi connectivity index (χ2n) is 9.62. The predicted octanol–water partition coefficient (Wildman–Crippen LogP) is 8.78. The van der Waals surface area contributed by atoms with Crippen LogP contribution in [0.3, 0.4) is 0 Å². The van der Waals surface area contributed by atoms with Gasteiger partial charge < -0.3 is 9.88 Å². The van der Waals surface area contributed by atoms with Gasteiger partial charge in [-0.05, 0) is 47.2 Å². The topological polar surface area (TPSA) is 53.1 Å². The van der Waals surface area contributed by atoms with Crippen molar-refractivity contribution < 1.29 is 0 Å². The minimum atomic E-state index is -0.239. The monoisotopic (exact) mass is 504 g/mol. The summed E-state index contributed by atoms with van der Waals surface area (Å²) in [7, 11) is 0. The molecule has 1 aliphatic rings. The van der Waals surface area contributed by atoms with E-state index in [1.54, 1.807) is 11.3 Å². The third-order valence-electron chi connectivity index (χ3n) is 7.48. The summed E-state index contributed by atoms with van der Waals surface area (Å²) in [5, 5.41) is 20.3. The first-order valence-corrected chi connectivity index (χ1v) is 13.4. The second-order valence-corrected chi connectivity index (χ2v) is 10.6. The lowest BCUT2D eigenvalue weighted by Crippen LogP contribution is -2.29. The fourth-order valence-electron chi connectivity index (χ4n) is 5.71. The Hall–Kier alpha value is -4.92. The molecular weight excluding hydrogens is 484 g/mol. The van der Waals surface area contributed by atoms with Gasteiger partial charge in [0.1, 0.15) is 11.2 Å². The van der Waals surface area contributed by atoms with Gasteiger partial charge in [0.05, 0.1) is 34.1 Å². The van der Waals surface area contributed by atoms with Gasteiger partial charge in [0, 0.05) is 26.4 Å². The number of hydrogen-bond acceptors (Lipinski definition) is 4. The first-order chi connectivity index (χ1) is 18.8. The maximum Gasteiger partial charge on any atom is 0.148 e. The van der Waals surface area contributed by atoms with Crippen LogP contribution in [0.25, 0.3) is 42.7 Å². The van der Waals surface area contributed by atoms with Crippen LogP contribution in [-0.2, 0) is 0 Å². The number of nitrogens with one attached hydrogen (secondary N) is 1. The molecule has 2 aromatic heterocycles. The smallest absolute Gasteiger partial charge is 0.148 e. The molecule has 0 radical (unpaired) electrons. The first-order valence-electron chi connectivity index (χ1n) is 12.6. The highest BCUT2D eigenvalue weighted by Crippen LogP contribution is 2.48. The summed E-state index contributed by atoms with van der Waals surface area (Å²) < 4.78 is 3.60. The number of anilines is 1. The summed E-state index contributed by atoms with van der Waals surface area (Å²) in [5.41, 5.74) is 5.95. The third-order valence-corrected chi connectivity index (χ3v) is 8.55. The van der Waals surface area contributed by atoms with Gasteiger partial charge in [0.2, 0.25) is 0 Å². The zero-order chi connectivity index (χ0) is 25.2. The summed E-state index contributed by atoms with van der Waals surface area (Å²) in [5.74, 6) is 0. The SMILES string of the molecule is N#Cc1ccc(C2=Nc3sc4ccccc4c3NC2n2c3ccccc3c3cc4ccccc4cc32)cc1. The molecule has 1 N–H and O–H groups in total. The largest absolute Gasteiger partial charge is 0.357 e. The van der Waals surface area contributed by atoms with Crippen molar-refractivity contribution in [2.45, 2.75) is 6.17 Å². The van der Waals surface area contributed by atoms with Gasteiger partial charge >= 0.3 is 0 Å². The Morgan fingerprint density at radius 3 is 2.26 bits per heavy atom. The summed E-state index contributed by atoms with van der Waals surface area (Å²) in [6, 6.07) is 40.2. The molecule has 38 heavy (non-hydrogen) atoms. The van der Waals surface area contributed by atoms with Crippen LogP contribution in [0.15, 0.2) is 114 Å². The van der Waals surface area contributed by atoms with Crippen molar-refractivity contribution in [2.75, 3.05) is 5.32 Å². The fraction of sp³-hybridized carbons (Fsp3) is 0.0303. The van der Waals surface area contributed by atoms with Crippen molar-refractivity contribution in [3.8, 4) is 6.07 Å². The molecular formula is C33H20N4S. The molecule has 0 amide bonds. The molecule has 8 rings (SSSR count). The van der Waals surface area contributed by atoms with Gasteiger partial charge in [-0.3, -0.25) is 0 Å². The number of para-hydroxylation sites is 1. The number of nitriles is 1. The van der Waals surface area contributed by atoms with Crippen molar-refractivity contribution in [3.63, 3.8) is 0 Å². The van der Waals surface area contributed by atoms with E-state index >= 15 is 0 Å². The van der Waals surface area contributed by atoms with Crippen LogP contribution in [0, 0.1) is 11.3 Å². The summed E-state index contributed by atoms with van der Waals surface area (Å²) in [6.07, 6.45) is -0.239. The molecule has 4 nitrogen and oxygen atoms in total. The Labute approximate surface area is 222 Å². The van der Waals surface area contributed by atoms with Crippen LogP contribution >= 0.6 is 11.3 Å². The minimum Gasteiger partial charge on any atom is -0.357 e. The van der Waals surface area contributed by atoms with Crippen LogP contribution < -0.4 is 5.32 Å². The molecule has 1 aliphatic heterocycles. The molecule has 0 saturated carbocycles. The quantitative estimate of drug-likeness (QED) is 0.256. The number of thiophene rings is 1. The van der Waals surface area contributed by atoms with Gasteiger partial charge in [0.15, 0.2) is 0 Å². The maximum absolute atomic E-state index is 9.38. The molecule has 5 heteroatoms. The highest BCUT2D eigenvalue weighted by atomic mass is 32.1. The Balaban J connectivity index is 1.45. The van der Waals surface area contributed by atoms with Crippen LogP contribution in [0.5, 0.6) is 0 Å². The van der Waals surface area contributed by atoms with Crippen molar-refractivity contribution in [2.24, 2.45) is 4.99 Å². The zero-order valence-electron chi connectivity index (χ0n) is 20.2. The Bertz CT molecular complexity index is 2120. The summed E-state index contributed by atoms with van der Waals surface area (Å²) in [4.78, 5) is 5.29. The molecule has 0 fully saturated rings. The van der Waals surface area contributed by atoms with Crippen LogP contribution in [0.2, 0.25) is 0 Å². The van der Waals surface area contributed by atoms with Gasteiger partial charge in [-0.2, -0.15) is 5.26 Å². The number of nitrogens with zero attached hydrogens (tertiary/aromatic N) is 3. The van der Waals surface area contributed by atoms with Crippen LogP contribution in [0.1, 0.15) is 17.3 Å². The average molecular weight is 505 g/mol. The lowest BCUT2D eigenvalue weighted by Gasteiger charge is -2.29. The highest BCUT2D eigenvalue weighted by Gasteiger charge is 2.30. The van der Waals surface area contributed by atoms with Gasteiger partial charge in [-0.15, -0.1) is 11.3 Å². The normalized spacial score (nSPS) is 14.9. The Morgan fingerprint density at radius 1 is 0.737 bits per heavy atom. The van der Waals surface area contributed by atoms with E-state index in [1.165, 1.54) is 31.6 Å². The average Bonchev–Trinajstić information content (AvgIpc) is 3.50. The summed E-state index contributed by atoms with van der Waals surface area (Å²) in [6.45, 7) is 0. The molecule has 178 valence electrons. The van der Waals surface area contributed by atoms with Crippen molar-refractivity contribution in [3.05, 3.63) is 120 Å². The molecule has 1 atom stereocenters. The number of benzene rings is 5. The van der Waals surface area contributed by atoms with E-state index in [4.69, 9.17) is 4.99 Å². The second kappa shape index (κ2) is 8.04. The van der Waals surface area contributed by atoms with E-state index < -0.39 is 0 Å². The number of aliphatic imine (C=N–C) groups is 1. The van der Waals surface area contributed by atoms with Gasteiger partial charge in [-0.25, -0.2) is 4.99 Å². The number of aromatic nitrogens is 1. The molecule has 0 aliphatic carbocycles. The van der Waals surface area contributed by atoms with Gasteiger partial charge in [-0.1, -0.05) is 72.8 Å². The predicted molar refractivity (Wildman–Crippen MR) is 159 cm³/mol. The molecule has 5 aromatic carbocycles. The van der Waals surface area contributed by atoms with Crippen molar-refractivity contribution >= 4 is 70.4 Å². The molecule has 0 saturated heterocycles. The van der Waals surface area contributed by atoms with E-state index in [9.17, 15) is 5.26 Å². The number of hydrogen-bond donors (Lipinski definition) is 1. The summed E-state index contributed by atoms with van der Waals surface area (Å²) >= 11 is 1.70. The van der Waals surface area contributed by atoms with E-state index in [1.807, 2.05) is 24.3 Å². The van der Waals surface area contributed by atoms with Crippen molar-refractivity contribution in [1.82, 2.24) is 4.57 Å². The van der Waals surface area contributed by atoms with Crippen LogP contribution in [0.4, 0.5) is 10.7 Å². The van der Waals surface area contributed by atoms with E-state index in [0.29, 0.717) is 5.56 Å². The zero-order valence-corrected chi connectivity index (χ0v) is 21.0.